The zero-order valence-corrected chi connectivity index (χ0v) is 12.7. The van der Waals surface area contributed by atoms with E-state index in [2.05, 4.69) is 5.32 Å². The number of urea groups is 1. The van der Waals surface area contributed by atoms with Crippen molar-refractivity contribution in [2.75, 3.05) is 11.9 Å². The van der Waals surface area contributed by atoms with Gasteiger partial charge in [-0.25, -0.2) is 13.6 Å². The average molecular weight is 325 g/mol. The Hall–Kier alpha value is -2.51. The van der Waals surface area contributed by atoms with Crippen LogP contribution in [0.2, 0.25) is 0 Å². The fourth-order valence-corrected chi connectivity index (χ4v) is 2.30. The predicted octanol–water partition coefficient (Wildman–Crippen LogP) is 1.87. The monoisotopic (exact) mass is 325 g/mol. The Morgan fingerprint density at radius 3 is 2.48 bits per heavy atom. The Kier molecular flexibility index (Phi) is 4.92. The lowest BCUT2D eigenvalue weighted by atomic mass is 10.0. The molecular weight excluding hydrogens is 308 g/mol. The van der Waals surface area contributed by atoms with Crippen molar-refractivity contribution in [2.24, 2.45) is 5.92 Å². The lowest BCUT2D eigenvalue weighted by Gasteiger charge is -2.14. The van der Waals surface area contributed by atoms with Crippen molar-refractivity contribution in [1.82, 2.24) is 10.2 Å². The quantitative estimate of drug-likeness (QED) is 0.811. The number of imide groups is 1. The number of rotatable bonds is 5. The van der Waals surface area contributed by atoms with Crippen LogP contribution in [0.15, 0.2) is 18.2 Å². The molecule has 2 rings (SSSR count). The van der Waals surface area contributed by atoms with Gasteiger partial charge < -0.3 is 10.6 Å². The zero-order valence-electron chi connectivity index (χ0n) is 12.7. The van der Waals surface area contributed by atoms with Gasteiger partial charge in [0.15, 0.2) is 0 Å². The molecule has 1 unspecified atom stereocenters. The van der Waals surface area contributed by atoms with Gasteiger partial charge in [0.25, 0.3) is 5.91 Å². The number of amides is 4. The molecule has 1 aromatic carbocycles. The van der Waals surface area contributed by atoms with E-state index >= 15 is 0 Å². The molecule has 1 atom stereocenters. The molecule has 1 aromatic rings. The minimum Gasteiger partial charge on any atom is -0.326 e. The number of carbonyl (C=O) groups excluding carboxylic acids is 3. The number of halogens is 2. The highest BCUT2D eigenvalue weighted by atomic mass is 19.1. The first-order chi connectivity index (χ1) is 10.8. The summed E-state index contributed by atoms with van der Waals surface area (Å²) in [6.07, 6.45) is 0.449. The molecule has 6 nitrogen and oxygen atoms in total. The van der Waals surface area contributed by atoms with Crippen molar-refractivity contribution in [2.45, 2.75) is 26.3 Å². The molecule has 0 aliphatic carbocycles. The van der Waals surface area contributed by atoms with E-state index in [4.69, 9.17) is 0 Å². The van der Waals surface area contributed by atoms with Crippen molar-refractivity contribution in [1.29, 1.82) is 0 Å². The molecule has 4 amide bonds. The van der Waals surface area contributed by atoms with E-state index in [1.807, 2.05) is 19.2 Å². The molecule has 1 aliphatic rings. The summed E-state index contributed by atoms with van der Waals surface area (Å²) in [5, 5.41) is 4.53. The lowest BCUT2D eigenvalue weighted by Crippen LogP contribution is -2.38. The van der Waals surface area contributed by atoms with Crippen molar-refractivity contribution in [3.8, 4) is 0 Å². The highest BCUT2D eigenvalue weighted by Gasteiger charge is 2.39. The van der Waals surface area contributed by atoms with Gasteiger partial charge in [-0.3, -0.25) is 14.5 Å². The summed E-state index contributed by atoms with van der Waals surface area (Å²) in [5.41, 5.74) is -0.608. The van der Waals surface area contributed by atoms with Crippen molar-refractivity contribution < 1.29 is 23.2 Å². The predicted molar refractivity (Wildman–Crippen MR) is 78.5 cm³/mol. The topological polar surface area (TPSA) is 78.5 Å². The highest BCUT2D eigenvalue weighted by Crippen LogP contribution is 2.18. The van der Waals surface area contributed by atoms with E-state index in [1.54, 1.807) is 0 Å². The van der Waals surface area contributed by atoms with E-state index in [-0.39, 0.29) is 5.92 Å². The molecular formula is C15H17F2N3O3. The van der Waals surface area contributed by atoms with Crippen molar-refractivity contribution in [3.05, 3.63) is 29.8 Å². The molecule has 0 radical (unpaired) electrons. The minimum absolute atomic E-state index is 0.186. The fraction of sp³-hybridized carbons (Fsp3) is 0.400. The first-order valence-corrected chi connectivity index (χ1v) is 7.15. The van der Waals surface area contributed by atoms with Crippen LogP contribution in [0.3, 0.4) is 0 Å². The molecule has 23 heavy (non-hydrogen) atoms. The fourth-order valence-electron chi connectivity index (χ4n) is 2.30. The number of anilines is 1. The van der Waals surface area contributed by atoms with Gasteiger partial charge in [-0.2, -0.15) is 0 Å². The van der Waals surface area contributed by atoms with Gasteiger partial charge >= 0.3 is 6.03 Å². The number of nitrogens with one attached hydrogen (secondary N) is 2. The van der Waals surface area contributed by atoms with Crippen molar-refractivity contribution in [3.63, 3.8) is 0 Å². The van der Waals surface area contributed by atoms with Gasteiger partial charge in [0, 0.05) is 0 Å². The van der Waals surface area contributed by atoms with Crippen LogP contribution in [0, 0.1) is 17.6 Å². The molecule has 1 fully saturated rings. The smallest absolute Gasteiger partial charge is 0.325 e. The van der Waals surface area contributed by atoms with Crippen LogP contribution in [-0.2, 0) is 9.59 Å². The Morgan fingerprint density at radius 2 is 1.91 bits per heavy atom. The summed E-state index contributed by atoms with van der Waals surface area (Å²) in [6, 6.07) is 1.77. The summed E-state index contributed by atoms with van der Waals surface area (Å²) in [4.78, 5) is 36.5. The van der Waals surface area contributed by atoms with Gasteiger partial charge in [-0.1, -0.05) is 19.9 Å². The molecule has 1 heterocycles. The Bertz CT molecular complexity index is 629. The number of carbonyl (C=O) groups is 3. The van der Waals surface area contributed by atoms with E-state index in [0.29, 0.717) is 6.42 Å². The summed E-state index contributed by atoms with van der Waals surface area (Å²) in [6.45, 7) is 3.19. The van der Waals surface area contributed by atoms with Crippen LogP contribution < -0.4 is 10.6 Å². The van der Waals surface area contributed by atoms with Crippen LogP contribution in [0.5, 0.6) is 0 Å². The van der Waals surface area contributed by atoms with Gasteiger partial charge in [-0.15, -0.1) is 0 Å². The largest absolute Gasteiger partial charge is 0.326 e. The summed E-state index contributed by atoms with van der Waals surface area (Å²) in [7, 11) is 0. The van der Waals surface area contributed by atoms with Crippen molar-refractivity contribution >= 4 is 23.5 Å². The molecule has 0 saturated carbocycles. The SMILES string of the molecule is CC(C)CC1NC(=O)N(CC(=O)Nc2c(F)cccc2F)C1=O. The molecule has 0 bridgehead atoms. The Morgan fingerprint density at radius 1 is 1.30 bits per heavy atom. The van der Waals surface area contributed by atoms with Gasteiger partial charge in [0.2, 0.25) is 5.91 Å². The maximum absolute atomic E-state index is 13.5. The number of benzene rings is 1. The average Bonchev–Trinajstić information content (AvgIpc) is 2.70. The van der Waals surface area contributed by atoms with Gasteiger partial charge in [0.05, 0.1) is 0 Å². The third-order valence-electron chi connectivity index (χ3n) is 3.34. The Balaban J connectivity index is 2.03. The Labute approximate surface area is 131 Å². The standard InChI is InChI=1S/C15H17F2N3O3/c1-8(2)6-11-14(22)20(15(23)18-11)7-12(21)19-13-9(16)4-3-5-10(13)17/h3-5,8,11H,6-7H2,1-2H3,(H,18,23)(H,19,21). The second kappa shape index (κ2) is 6.72. The third kappa shape index (κ3) is 3.82. The number of nitrogens with zero attached hydrogens (tertiary/aromatic N) is 1. The number of hydrogen-bond donors (Lipinski definition) is 2. The number of hydrogen-bond acceptors (Lipinski definition) is 3. The molecule has 2 N–H and O–H groups in total. The second-order valence-electron chi connectivity index (χ2n) is 5.70. The molecule has 1 aliphatic heterocycles. The first-order valence-electron chi connectivity index (χ1n) is 7.15. The van der Waals surface area contributed by atoms with Crippen LogP contribution in [0.4, 0.5) is 19.3 Å². The van der Waals surface area contributed by atoms with Crippen LogP contribution in [-0.4, -0.2) is 35.3 Å². The van der Waals surface area contributed by atoms with Crippen LogP contribution >= 0.6 is 0 Å². The summed E-state index contributed by atoms with van der Waals surface area (Å²) < 4.78 is 26.9. The molecule has 0 spiro atoms. The minimum atomic E-state index is -0.937. The maximum Gasteiger partial charge on any atom is 0.325 e. The third-order valence-corrected chi connectivity index (χ3v) is 3.34. The van der Waals surface area contributed by atoms with E-state index in [1.165, 1.54) is 0 Å². The van der Waals surface area contributed by atoms with Crippen LogP contribution in [0.1, 0.15) is 20.3 Å². The lowest BCUT2D eigenvalue weighted by molar-refractivity contribution is -0.131. The van der Waals surface area contributed by atoms with E-state index in [9.17, 15) is 23.2 Å². The van der Waals surface area contributed by atoms with Gasteiger partial charge in [-0.05, 0) is 24.5 Å². The number of para-hydroxylation sites is 1. The molecule has 0 aromatic heterocycles. The molecule has 1 saturated heterocycles. The van der Waals surface area contributed by atoms with Gasteiger partial charge in [0.1, 0.15) is 29.9 Å². The van der Waals surface area contributed by atoms with E-state index < -0.39 is 47.8 Å². The first kappa shape index (κ1) is 16.9. The second-order valence-corrected chi connectivity index (χ2v) is 5.70. The van der Waals surface area contributed by atoms with Crippen LogP contribution in [0.25, 0.3) is 0 Å². The highest BCUT2D eigenvalue weighted by molar-refractivity contribution is 6.07. The summed E-state index contributed by atoms with van der Waals surface area (Å²) >= 11 is 0. The molecule has 8 heteroatoms. The summed E-state index contributed by atoms with van der Waals surface area (Å²) in [5.74, 6) is -3.07. The maximum atomic E-state index is 13.5. The molecule has 124 valence electrons. The zero-order chi connectivity index (χ0) is 17.1. The normalized spacial score (nSPS) is 17.6. The van der Waals surface area contributed by atoms with E-state index in [0.717, 1.165) is 23.1 Å².